The van der Waals surface area contributed by atoms with Gasteiger partial charge < -0.3 is 15.0 Å². The van der Waals surface area contributed by atoms with Crippen molar-refractivity contribution in [3.8, 4) is 0 Å². The van der Waals surface area contributed by atoms with E-state index >= 15 is 0 Å². The second kappa shape index (κ2) is 8.34. The van der Waals surface area contributed by atoms with Gasteiger partial charge in [-0.15, -0.1) is 0 Å². The lowest BCUT2D eigenvalue weighted by atomic mass is 9.90. The molecule has 5 nitrogen and oxygen atoms in total. The quantitative estimate of drug-likeness (QED) is 0.731. The number of nitrogens with zero attached hydrogens (tertiary/aromatic N) is 2. The van der Waals surface area contributed by atoms with E-state index in [0.717, 1.165) is 57.6 Å². The lowest BCUT2D eigenvalue weighted by Crippen LogP contribution is -2.44. The molecule has 0 aromatic carbocycles. The normalized spacial score (nSPS) is 30.3. The van der Waals surface area contributed by atoms with Crippen LogP contribution in [0.1, 0.15) is 45.4 Å². The van der Waals surface area contributed by atoms with E-state index in [4.69, 9.17) is 4.74 Å². The number of ether oxygens (including phenoxy) is 1. The van der Waals surface area contributed by atoms with Crippen molar-refractivity contribution < 1.29 is 9.53 Å². The first-order valence-corrected chi connectivity index (χ1v) is 9.64. The Kier molecular flexibility index (Phi) is 6.17. The fraction of sp³-hybridized carbons (Fsp3) is 0.944. The van der Waals surface area contributed by atoms with Crippen LogP contribution in [-0.4, -0.2) is 67.8 Å². The molecule has 23 heavy (non-hydrogen) atoms. The van der Waals surface area contributed by atoms with E-state index in [1.54, 1.807) is 0 Å². The van der Waals surface area contributed by atoms with Crippen LogP contribution >= 0.6 is 0 Å². The van der Waals surface area contributed by atoms with E-state index in [0.29, 0.717) is 5.92 Å². The molecule has 3 rings (SSSR count). The highest BCUT2D eigenvalue weighted by molar-refractivity contribution is 5.74. The molecule has 0 bridgehead atoms. The first-order chi connectivity index (χ1) is 11.3. The zero-order valence-electron chi connectivity index (χ0n) is 14.6. The molecular formula is C18H33N3O2. The van der Waals surface area contributed by atoms with E-state index < -0.39 is 0 Å². The maximum Gasteiger partial charge on any atom is 0.317 e. The van der Waals surface area contributed by atoms with Crippen molar-refractivity contribution in [3.63, 3.8) is 0 Å². The van der Waals surface area contributed by atoms with Gasteiger partial charge in [0.05, 0.1) is 0 Å². The number of likely N-dealkylation sites (tertiary alicyclic amines) is 1. The molecule has 2 amide bonds. The second-order valence-corrected chi connectivity index (χ2v) is 7.44. The van der Waals surface area contributed by atoms with Crippen LogP contribution in [0, 0.1) is 11.8 Å². The molecule has 3 aliphatic rings. The van der Waals surface area contributed by atoms with Crippen LogP contribution in [0.15, 0.2) is 0 Å². The van der Waals surface area contributed by atoms with Crippen molar-refractivity contribution in [1.82, 2.24) is 15.1 Å². The highest BCUT2D eigenvalue weighted by Crippen LogP contribution is 2.40. The molecule has 3 aliphatic heterocycles. The van der Waals surface area contributed by atoms with Gasteiger partial charge in [0.1, 0.15) is 0 Å². The zero-order valence-corrected chi connectivity index (χ0v) is 14.6. The Morgan fingerprint density at radius 3 is 2.91 bits per heavy atom. The Morgan fingerprint density at radius 2 is 2.04 bits per heavy atom. The molecule has 5 heteroatoms. The molecule has 3 heterocycles. The number of carbonyl (C=O) groups excluding carboxylic acids is 1. The third kappa shape index (κ3) is 4.18. The Labute approximate surface area is 140 Å². The first kappa shape index (κ1) is 17.0. The van der Waals surface area contributed by atoms with Crippen molar-refractivity contribution in [1.29, 1.82) is 0 Å². The SMILES string of the molecule is CCCCOCCCNC(=O)N1C[C@@H]2CN3CCCC[C@@H]3[C@H]2C1. The van der Waals surface area contributed by atoms with Crippen LogP contribution in [0.3, 0.4) is 0 Å². The van der Waals surface area contributed by atoms with Gasteiger partial charge in [-0.3, -0.25) is 4.90 Å². The van der Waals surface area contributed by atoms with Crippen molar-refractivity contribution in [2.24, 2.45) is 11.8 Å². The number of hydrogen-bond donors (Lipinski definition) is 1. The van der Waals surface area contributed by atoms with Gasteiger partial charge in [0.2, 0.25) is 0 Å². The molecule has 3 atom stereocenters. The maximum absolute atomic E-state index is 12.3. The highest BCUT2D eigenvalue weighted by Gasteiger charge is 2.48. The first-order valence-electron chi connectivity index (χ1n) is 9.64. The number of piperidine rings is 1. The summed E-state index contributed by atoms with van der Waals surface area (Å²) in [5, 5.41) is 3.07. The number of nitrogens with one attached hydrogen (secondary N) is 1. The van der Waals surface area contributed by atoms with Gasteiger partial charge in [-0.1, -0.05) is 19.8 Å². The van der Waals surface area contributed by atoms with Crippen LogP contribution in [0.2, 0.25) is 0 Å². The third-order valence-electron chi connectivity index (χ3n) is 5.79. The molecule has 0 aliphatic carbocycles. The van der Waals surface area contributed by atoms with Crippen molar-refractivity contribution in [2.75, 3.05) is 45.9 Å². The number of amides is 2. The minimum Gasteiger partial charge on any atom is -0.381 e. The number of urea groups is 1. The van der Waals surface area contributed by atoms with Gasteiger partial charge in [0.15, 0.2) is 0 Å². The maximum atomic E-state index is 12.3. The molecule has 3 saturated heterocycles. The van der Waals surface area contributed by atoms with Crippen LogP contribution in [0.25, 0.3) is 0 Å². The number of unbranched alkanes of at least 4 members (excludes halogenated alkanes) is 1. The topological polar surface area (TPSA) is 44.8 Å². The minimum absolute atomic E-state index is 0.135. The molecule has 3 fully saturated rings. The van der Waals surface area contributed by atoms with Gasteiger partial charge in [0, 0.05) is 45.4 Å². The van der Waals surface area contributed by atoms with Crippen LogP contribution in [0.5, 0.6) is 0 Å². The van der Waals surface area contributed by atoms with Gasteiger partial charge in [-0.2, -0.15) is 0 Å². The largest absolute Gasteiger partial charge is 0.381 e. The van der Waals surface area contributed by atoms with Crippen LogP contribution in [0.4, 0.5) is 4.79 Å². The molecule has 1 N–H and O–H groups in total. The van der Waals surface area contributed by atoms with Crippen LogP contribution < -0.4 is 5.32 Å². The number of rotatable bonds is 7. The minimum atomic E-state index is 0.135. The van der Waals surface area contributed by atoms with E-state index in [9.17, 15) is 4.79 Å². The van der Waals surface area contributed by atoms with E-state index in [2.05, 4.69) is 22.0 Å². The van der Waals surface area contributed by atoms with Crippen molar-refractivity contribution in [2.45, 2.75) is 51.5 Å². The lowest BCUT2D eigenvalue weighted by Gasteiger charge is -2.33. The summed E-state index contributed by atoms with van der Waals surface area (Å²) >= 11 is 0. The Morgan fingerprint density at radius 1 is 1.17 bits per heavy atom. The summed E-state index contributed by atoms with van der Waals surface area (Å²) in [5.74, 6) is 1.43. The van der Waals surface area contributed by atoms with E-state index in [1.807, 2.05) is 0 Å². The molecule has 0 spiro atoms. The number of carbonyl (C=O) groups is 1. The summed E-state index contributed by atoms with van der Waals surface area (Å²) in [4.78, 5) is 17.1. The Balaban J connectivity index is 1.33. The summed E-state index contributed by atoms with van der Waals surface area (Å²) in [6.07, 6.45) is 7.28. The highest BCUT2D eigenvalue weighted by atomic mass is 16.5. The fourth-order valence-corrected chi connectivity index (χ4v) is 4.55. The molecule has 0 aromatic rings. The third-order valence-corrected chi connectivity index (χ3v) is 5.79. The molecule has 0 aromatic heterocycles. The molecule has 132 valence electrons. The average molecular weight is 323 g/mol. The fourth-order valence-electron chi connectivity index (χ4n) is 4.55. The van der Waals surface area contributed by atoms with Gasteiger partial charge in [0.25, 0.3) is 0 Å². The Hall–Kier alpha value is -0.810. The van der Waals surface area contributed by atoms with Gasteiger partial charge in [-0.05, 0) is 44.1 Å². The summed E-state index contributed by atoms with van der Waals surface area (Å²) in [6, 6.07) is 0.883. The number of hydrogen-bond acceptors (Lipinski definition) is 3. The predicted octanol–water partition coefficient (Wildman–Crippen LogP) is 2.32. The second-order valence-electron chi connectivity index (χ2n) is 7.44. The van der Waals surface area contributed by atoms with Crippen molar-refractivity contribution >= 4 is 6.03 Å². The number of fused-ring (bicyclic) bond motifs is 3. The van der Waals surface area contributed by atoms with E-state index in [-0.39, 0.29) is 6.03 Å². The van der Waals surface area contributed by atoms with Gasteiger partial charge in [-0.25, -0.2) is 4.79 Å². The zero-order chi connectivity index (χ0) is 16.1. The lowest BCUT2D eigenvalue weighted by molar-refractivity contribution is 0.128. The standard InChI is InChI=1S/C18H33N3O2/c1-2-3-10-23-11-6-8-19-18(22)21-13-15-12-20-9-5-4-7-17(20)16(15)14-21/h15-17H,2-14H2,1H3,(H,19,22)/t15-,16-,17+/m0/s1. The van der Waals surface area contributed by atoms with Gasteiger partial charge >= 0.3 is 6.03 Å². The summed E-state index contributed by atoms with van der Waals surface area (Å²) < 4.78 is 5.53. The molecule has 0 saturated carbocycles. The molecular weight excluding hydrogens is 290 g/mol. The summed E-state index contributed by atoms with van der Waals surface area (Å²) in [5.41, 5.74) is 0. The van der Waals surface area contributed by atoms with Crippen molar-refractivity contribution in [3.05, 3.63) is 0 Å². The van der Waals surface area contributed by atoms with Crippen LogP contribution in [-0.2, 0) is 4.74 Å². The Bertz CT molecular complexity index is 390. The summed E-state index contributed by atoms with van der Waals surface area (Å²) in [7, 11) is 0. The smallest absolute Gasteiger partial charge is 0.317 e. The summed E-state index contributed by atoms with van der Waals surface area (Å²) in [6.45, 7) is 8.90. The molecule has 0 radical (unpaired) electrons. The monoisotopic (exact) mass is 323 g/mol. The average Bonchev–Trinajstić information content (AvgIpc) is 3.11. The predicted molar refractivity (Wildman–Crippen MR) is 91.5 cm³/mol. The van der Waals surface area contributed by atoms with E-state index in [1.165, 1.54) is 38.8 Å². The molecule has 0 unspecified atom stereocenters.